The minimum atomic E-state index is -4.58. The third-order valence-electron chi connectivity index (χ3n) is 6.70. The summed E-state index contributed by atoms with van der Waals surface area (Å²) >= 11 is 0. The van der Waals surface area contributed by atoms with Crippen LogP contribution in [0.3, 0.4) is 0 Å². The molecule has 2 unspecified atom stereocenters. The molecule has 2 atom stereocenters. The molecule has 5 rings (SSSR count). The van der Waals surface area contributed by atoms with Gasteiger partial charge in [-0.05, 0) is 43.0 Å². The quantitative estimate of drug-likeness (QED) is 0.683. The van der Waals surface area contributed by atoms with Crippen molar-refractivity contribution in [2.75, 3.05) is 25.1 Å². The lowest BCUT2D eigenvalue weighted by Crippen LogP contribution is -2.50. The third-order valence-corrected chi connectivity index (χ3v) is 6.70. The molecule has 11 heteroatoms. The molecule has 8 nitrogen and oxygen atoms in total. The fourth-order valence-electron chi connectivity index (χ4n) is 4.85. The van der Waals surface area contributed by atoms with Crippen molar-refractivity contribution in [2.45, 2.75) is 44.6 Å². The molecule has 190 valence electrons. The van der Waals surface area contributed by atoms with Gasteiger partial charge in [0.25, 0.3) is 5.91 Å². The van der Waals surface area contributed by atoms with Gasteiger partial charge in [-0.25, -0.2) is 4.98 Å². The minimum Gasteiger partial charge on any atom is -0.357 e. The van der Waals surface area contributed by atoms with Gasteiger partial charge in [0, 0.05) is 44.1 Å². The Balaban J connectivity index is 1.56. The maximum atomic E-state index is 13.6. The van der Waals surface area contributed by atoms with E-state index in [9.17, 15) is 22.8 Å². The van der Waals surface area contributed by atoms with Crippen molar-refractivity contribution in [1.82, 2.24) is 20.3 Å². The molecule has 1 aromatic rings. The van der Waals surface area contributed by atoms with Gasteiger partial charge >= 0.3 is 6.18 Å². The summed E-state index contributed by atoms with van der Waals surface area (Å²) in [6.07, 6.45) is 5.98. The zero-order chi connectivity index (χ0) is 25.6. The van der Waals surface area contributed by atoms with Crippen LogP contribution < -0.4 is 10.3 Å². The number of pyridine rings is 1. The number of aromatic nitrogens is 1. The molecule has 0 spiro atoms. The second-order valence-corrected chi connectivity index (χ2v) is 9.11. The lowest BCUT2D eigenvalue weighted by Gasteiger charge is -2.38. The predicted octanol–water partition coefficient (Wildman–Crippen LogP) is 3.28. The van der Waals surface area contributed by atoms with Crippen LogP contribution in [0.4, 0.5) is 19.0 Å². The Labute approximate surface area is 206 Å². The average Bonchev–Trinajstić information content (AvgIpc) is 3.31. The summed E-state index contributed by atoms with van der Waals surface area (Å²) in [6, 6.07) is 2.48. The van der Waals surface area contributed by atoms with Crippen molar-refractivity contribution >= 4 is 23.2 Å². The van der Waals surface area contributed by atoms with Gasteiger partial charge in [-0.1, -0.05) is 12.2 Å². The van der Waals surface area contributed by atoms with Gasteiger partial charge in [0.1, 0.15) is 18.6 Å². The van der Waals surface area contributed by atoms with Crippen LogP contribution >= 0.6 is 0 Å². The summed E-state index contributed by atoms with van der Waals surface area (Å²) in [6.45, 7) is 0.594. The van der Waals surface area contributed by atoms with Crippen molar-refractivity contribution in [2.24, 2.45) is 0 Å². The zero-order valence-electron chi connectivity index (χ0n) is 19.9. The summed E-state index contributed by atoms with van der Waals surface area (Å²) in [5.41, 5.74) is 5.56. The Kier molecular flexibility index (Phi) is 6.11. The number of allylic oxidation sites excluding steroid dienone is 2. The average molecular weight is 502 g/mol. The number of nitrogens with zero attached hydrogens (tertiary/aromatic N) is 4. The number of alkyl halides is 3. The third kappa shape index (κ3) is 4.39. The van der Waals surface area contributed by atoms with E-state index >= 15 is 0 Å². The summed E-state index contributed by atoms with van der Waals surface area (Å²) in [7, 11) is 1.58. The Morgan fingerprint density at radius 2 is 2.11 bits per heavy atom. The Hall–Kier alpha value is -3.60. The number of anilines is 1. The van der Waals surface area contributed by atoms with E-state index in [1.807, 2.05) is 0 Å². The Morgan fingerprint density at radius 1 is 1.31 bits per heavy atom. The Morgan fingerprint density at radius 3 is 2.81 bits per heavy atom. The number of amides is 2. The molecule has 4 heterocycles. The van der Waals surface area contributed by atoms with Crippen LogP contribution in [0.25, 0.3) is 5.57 Å². The maximum Gasteiger partial charge on any atom is 0.406 e. The highest BCUT2D eigenvalue weighted by molar-refractivity contribution is 6.02. The van der Waals surface area contributed by atoms with Gasteiger partial charge in [0.05, 0.1) is 17.3 Å². The molecular formula is C25H26F3N5O3. The van der Waals surface area contributed by atoms with Crippen molar-refractivity contribution in [3.63, 3.8) is 0 Å². The van der Waals surface area contributed by atoms with E-state index in [2.05, 4.69) is 10.4 Å². The normalized spacial score (nSPS) is 23.6. The first kappa shape index (κ1) is 24.1. The smallest absolute Gasteiger partial charge is 0.357 e. The van der Waals surface area contributed by atoms with Gasteiger partial charge in [0.2, 0.25) is 5.91 Å². The lowest BCUT2D eigenvalue weighted by atomic mass is 9.86. The number of halogens is 3. The van der Waals surface area contributed by atoms with Gasteiger partial charge in [-0.15, -0.1) is 0 Å². The highest BCUT2D eigenvalue weighted by Crippen LogP contribution is 2.40. The second-order valence-electron chi connectivity index (χ2n) is 9.11. The maximum absolute atomic E-state index is 13.6. The molecule has 1 aromatic heterocycles. The molecule has 1 fully saturated rings. The van der Waals surface area contributed by atoms with Crippen molar-refractivity contribution in [3.05, 3.63) is 65.2 Å². The first-order valence-electron chi connectivity index (χ1n) is 11.7. The summed E-state index contributed by atoms with van der Waals surface area (Å²) in [5, 5.41) is 1.68. The summed E-state index contributed by atoms with van der Waals surface area (Å²) < 4.78 is 46.6. The molecule has 0 saturated carbocycles. The van der Waals surface area contributed by atoms with Crippen molar-refractivity contribution in [3.8, 4) is 0 Å². The molecular weight excluding hydrogens is 475 g/mol. The van der Waals surface area contributed by atoms with Crippen LogP contribution in [0.1, 0.15) is 31.7 Å². The molecule has 1 aliphatic carbocycles. The van der Waals surface area contributed by atoms with Crippen molar-refractivity contribution in [1.29, 1.82) is 0 Å². The van der Waals surface area contributed by atoms with Gasteiger partial charge < -0.3 is 9.64 Å². The SMILES string of the molecule is CC(=O)N(C)c1ncccc1C1=CC2C(=C3NN(C4CCCCO4)C=C3C(=O)N2CC(F)(F)F)C=C1. The fraction of sp³-hybridized carbons (Fsp3) is 0.400. The molecule has 1 N–H and O–H groups in total. The number of nitrogens with one attached hydrogen (secondary N) is 1. The van der Waals surface area contributed by atoms with E-state index in [0.717, 1.165) is 24.2 Å². The van der Waals surface area contributed by atoms with Gasteiger partial charge in [-0.3, -0.25) is 24.9 Å². The predicted molar refractivity (Wildman–Crippen MR) is 126 cm³/mol. The number of hydrazine groups is 1. The van der Waals surface area contributed by atoms with Crippen LogP contribution in [0, 0.1) is 0 Å². The highest BCUT2D eigenvalue weighted by Gasteiger charge is 2.45. The first-order valence-corrected chi connectivity index (χ1v) is 11.7. The number of rotatable bonds is 4. The molecule has 1 saturated heterocycles. The van der Waals surface area contributed by atoms with Crippen LogP contribution in [0.5, 0.6) is 0 Å². The Bertz CT molecular complexity index is 1210. The second kappa shape index (κ2) is 9.12. The zero-order valence-corrected chi connectivity index (χ0v) is 19.9. The number of hydrogen-bond acceptors (Lipinski definition) is 6. The van der Waals surface area contributed by atoms with Crippen LogP contribution in [0.2, 0.25) is 0 Å². The van der Waals surface area contributed by atoms with E-state index < -0.39 is 24.7 Å². The summed E-state index contributed by atoms with van der Waals surface area (Å²) in [4.78, 5) is 31.9. The largest absolute Gasteiger partial charge is 0.406 e. The number of hydrogen-bond donors (Lipinski definition) is 1. The van der Waals surface area contributed by atoms with E-state index in [1.54, 1.807) is 54.8 Å². The standard InChI is InChI=1S/C25H26F3N5O3/c1-15(34)31(2)23-17(6-5-10-29-23)16-8-9-18-20(12-16)32(14-25(26,27)28)24(35)19-13-33(30-22(18)19)21-7-3-4-11-36-21/h5-6,8-10,12-13,20-21,30H,3-4,7,11,14H2,1-2H3. The molecule has 2 amide bonds. The van der Waals surface area contributed by atoms with Crippen LogP contribution in [0.15, 0.2) is 59.6 Å². The number of carbonyl (C=O) groups excluding carboxylic acids is 2. The molecule has 36 heavy (non-hydrogen) atoms. The summed E-state index contributed by atoms with van der Waals surface area (Å²) in [5.74, 6) is -0.568. The monoisotopic (exact) mass is 501 g/mol. The molecule has 4 aliphatic rings. The molecule has 0 radical (unpaired) electrons. The first-order chi connectivity index (χ1) is 17.1. The lowest BCUT2D eigenvalue weighted by molar-refractivity contribution is -0.160. The molecule has 0 aromatic carbocycles. The van der Waals surface area contributed by atoms with Crippen LogP contribution in [-0.4, -0.2) is 65.4 Å². The number of carbonyl (C=O) groups is 2. The fourth-order valence-corrected chi connectivity index (χ4v) is 4.85. The van der Waals surface area contributed by atoms with E-state index in [4.69, 9.17) is 4.74 Å². The van der Waals surface area contributed by atoms with E-state index in [-0.39, 0.29) is 17.7 Å². The number of ether oxygens (including phenoxy) is 1. The van der Waals surface area contributed by atoms with Crippen LogP contribution in [-0.2, 0) is 14.3 Å². The van der Waals surface area contributed by atoms with Gasteiger partial charge in [0.15, 0.2) is 0 Å². The van der Waals surface area contributed by atoms with Crippen molar-refractivity contribution < 1.29 is 27.5 Å². The van der Waals surface area contributed by atoms with E-state index in [1.165, 1.54) is 11.8 Å². The minimum absolute atomic E-state index is 0.180. The molecule has 3 aliphatic heterocycles. The highest BCUT2D eigenvalue weighted by atomic mass is 19.4. The topological polar surface area (TPSA) is 78.0 Å². The van der Waals surface area contributed by atoms with Gasteiger partial charge in [-0.2, -0.15) is 13.2 Å². The molecule has 0 bridgehead atoms. The number of fused-ring (bicyclic) bond motifs is 2. The van der Waals surface area contributed by atoms with E-state index in [0.29, 0.717) is 34.8 Å².